The van der Waals surface area contributed by atoms with Gasteiger partial charge in [-0.3, -0.25) is 4.79 Å². The molecule has 0 unspecified atom stereocenters. The lowest BCUT2D eigenvalue weighted by Gasteiger charge is -2.30. The number of benzene rings is 2. The maximum atomic E-state index is 13.6. The number of nitrogens with one attached hydrogen (secondary N) is 1. The van der Waals surface area contributed by atoms with Crippen LogP contribution in [-0.4, -0.2) is 31.7 Å². The average molecular weight is 412 g/mol. The van der Waals surface area contributed by atoms with Crippen molar-refractivity contribution in [3.05, 3.63) is 59.4 Å². The van der Waals surface area contributed by atoms with E-state index in [4.69, 9.17) is 0 Å². The number of amides is 1. The molecule has 0 bridgehead atoms. The van der Waals surface area contributed by atoms with Gasteiger partial charge in [-0.1, -0.05) is 6.07 Å². The summed E-state index contributed by atoms with van der Waals surface area (Å²) in [5.74, 6) is -3.53. The van der Waals surface area contributed by atoms with E-state index in [-0.39, 0.29) is 36.7 Å². The van der Waals surface area contributed by atoms with E-state index in [0.29, 0.717) is 17.3 Å². The van der Waals surface area contributed by atoms with Crippen LogP contribution in [0.1, 0.15) is 18.4 Å². The topological polar surface area (TPSA) is 66.5 Å². The summed E-state index contributed by atoms with van der Waals surface area (Å²) in [6, 6.07) is 6.81. The minimum Gasteiger partial charge on any atom is -0.326 e. The van der Waals surface area contributed by atoms with Crippen molar-refractivity contribution in [1.29, 1.82) is 0 Å². The van der Waals surface area contributed by atoms with Gasteiger partial charge in [0.15, 0.2) is 11.6 Å². The van der Waals surface area contributed by atoms with E-state index in [9.17, 15) is 26.4 Å². The second-order valence-electron chi connectivity index (χ2n) is 6.71. The number of halogens is 3. The molecule has 0 saturated carbocycles. The fourth-order valence-corrected chi connectivity index (χ4v) is 4.54. The lowest BCUT2D eigenvalue weighted by atomic mass is 9.97. The van der Waals surface area contributed by atoms with Crippen molar-refractivity contribution in [2.75, 3.05) is 18.4 Å². The molecule has 1 aliphatic heterocycles. The maximum absolute atomic E-state index is 13.6. The van der Waals surface area contributed by atoms with Crippen LogP contribution < -0.4 is 5.32 Å². The molecule has 28 heavy (non-hydrogen) atoms. The lowest BCUT2D eigenvalue weighted by Crippen LogP contribution is -2.41. The third-order valence-corrected chi connectivity index (χ3v) is 6.69. The van der Waals surface area contributed by atoms with E-state index in [2.05, 4.69) is 5.32 Å². The van der Waals surface area contributed by atoms with Gasteiger partial charge in [0.05, 0.1) is 4.90 Å². The van der Waals surface area contributed by atoms with Gasteiger partial charge in [0.2, 0.25) is 15.9 Å². The van der Waals surface area contributed by atoms with Crippen LogP contribution in [-0.2, 0) is 14.8 Å². The second-order valence-corrected chi connectivity index (χ2v) is 8.65. The Kier molecular flexibility index (Phi) is 5.76. The zero-order valence-electron chi connectivity index (χ0n) is 15.1. The van der Waals surface area contributed by atoms with E-state index in [0.717, 1.165) is 16.4 Å². The monoisotopic (exact) mass is 412 g/mol. The fourth-order valence-electron chi connectivity index (χ4n) is 3.06. The molecule has 9 heteroatoms. The molecule has 1 saturated heterocycles. The average Bonchev–Trinajstić information content (AvgIpc) is 2.67. The first-order valence-electron chi connectivity index (χ1n) is 8.70. The molecule has 0 atom stereocenters. The molecule has 5 nitrogen and oxygen atoms in total. The quantitative estimate of drug-likeness (QED) is 0.837. The molecular formula is C19H19F3N2O3S. The zero-order valence-corrected chi connectivity index (χ0v) is 15.9. The number of carbonyl (C=O) groups excluding carboxylic acids is 1. The van der Waals surface area contributed by atoms with E-state index >= 15 is 0 Å². The Bertz CT molecular complexity index is 1000. The summed E-state index contributed by atoms with van der Waals surface area (Å²) < 4.78 is 66.3. The normalized spacial score (nSPS) is 16.1. The summed E-state index contributed by atoms with van der Waals surface area (Å²) in [6.07, 6.45) is 0.534. The van der Waals surface area contributed by atoms with Crippen LogP contribution in [0, 0.1) is 30.3 Å². The van der Waals surface area contributed by atoms with Crippen molar-refractivity contribution < 1.29 is 26.4 Å². The van der Waals surface area contributed by atoms with Crippen molar-refractivity contribution in [2.24, 2.45) is 5.92 Å². The van der Waals surface area contributed by atoms with Crippen molar-refractivity contribution >= 4 is 21.6 Å². The summed E-state index contributed by atoms with van der Waals surface area (Å²) in [5, 5.41) is 2.64. The standard InChI is InChI=1S/C19H19F3N2O3S/c1-12-2-3-14(10-17(12)21)23-19(25)13-6-8-24(9-7-13)28(26,27)15-4-5-16(20)18(22)11-15/h2-5,10-11,13H,6-9H2,1H3,(H,23,25). The number of anilines is 1. The van der Waals surface area contributed by atoms with Crippen LogP contribution >= 0.6 is 0 Å². The van der Waals surface area contributed by atoms with Gasteiger partial charge in [-0.2, -0.15) is 4.31 Å². The molecule has 2 aromatic carbocycles. The molecule has 1 amide bonds. The van der Waals surface area contributed by atoms with Crippen LogP contribution in [0.2, 0.25) is 0 Å². The molecule has 1 N–H and O–H groups in total. The van der Waals surface area contributed by atoms with Gasteiger partial charge >= 0.3 is 0 Å². The summed E-state index contributed by atoms with van der Waals surface area (Å²) in [6.45, 7) is 1.76. The SMILES string of the molecule is Cc1ccc(NC(=O)C2CCN(S(=O)(=O)c3ccc(F)c(F)c3)CC2)cc1F. The highest BCUT2D eigenvalue weighted by Crippen LogP contribution is 2.26. The Labute approximate surface area is 161 Å². The smallest absolute Gasteiger partial charge is 0.243 e. The highest BCUT2D eigenvalue weighted by Gasteiger charge is 2.32. The molecular weight excluding hydrogens is 393 g/mol. The molecule has 3 rings (SSSR count). The van der Waals surface area contributed by atoms with Crippen LogP contribution in [0.15, 0.2) is 41.3 Å². The number of hydrogen-bond donors (Lipinski definition) is 1. The van der Waals surface area contributed by atoms with Gasteiger partial charge in [0.1, 0.15) is 5.82 Å². The Morgan fingerprint density at radius 1 is 1.00 bits per heavy atom. The number of hydrogen-bond acceptors (Lipinski definition) is 3. The minimum atomic E-state index is -3.97. The van der Waals surface area contributed by atoms with Crippen LogP contribution in [0.3, 0.4) is 0 Å². The van der Waals surface area contributed by atoms with Gasteiger partial charge < -0.3 is 5.32 Å². The first-order chi connectivity index (χ1) is 13.2. The molecule has 0 radical (unpaired) electrons. The van der Waals surface area contributed by atoms with Crippen LogP contribution in [0.5, 0.6) is 0 Å². The van der Waals surface area contributed by atoms with E-state index in [1.54, 1.807) is 19.1 Å². The Balaban J connectivity index is 1.63. The largest absolute Gasteiger partial charge is 0.326 e. The van der Waals surface area contributed by atoms with Gasteiger partial charge in [-0.15, -0.1) is 0 Å². The van der Waals surface area contributed by atoms with Crippen molar-refractivity contribution in [3.63, 3.8) is 0 Å². The van der Waals surface area contributed by atoms with Crippen LogP contribution in [0.25, 0.3) is 0 Å². The van der Waals surface area contributed by atoms with E-state index < -0.39 is 33.4 Å². The predicted molar refractivity (Wildman–Crippen MR) is 97.6 cm³/mol. The number of rotatable bonds is 4. The highest BCUT2D eigenvalue weighted by atomic mass is 32.2. The number of piperidine rings is 1. The number of nitrogens with zero attached hydrogens (tertiary/aromatic N) is 1. The first kappa shape index (κ1) is 20.3. The summed E-state index contributed by atoms with van der Waals surface area (Å²) in [5.41, 5.74) is 0.804. The molecule has 2 aromatic rings. The fraction of sp³-hybridized carbons (Fsp3) is 0.316. The molecule has 0 spiro atoms. The molecule has 0 aromatic heterocycles. The first-order valence-corrected chi connectivity index (χ1v) is 10.1. The predicted octanol–water partition coefficient (Wildman–Crippen LogP) is 3.45. The third kappa shape index (κ3) is 4.20. The Hall–Kier alpha value is -2.39. The van der Waals surface area contributed by atoms with E-state index in [1.807, 2.05) is 0 Å². The van der Waals surface area contributed by atoms with Gasteiger partial charge in [-0.25, -0.2) is 21.6 Å². The number of carbonyl (C=O) groups is 1. The Morgan fingerprint density at radius 3 is 2.29 bits per heavy atom. The summed E-state index contributed by atoms with van der Waals surface area (Å²) in [4.78, 5) is 12.1. The molecule has 0 aliphatic carbocycles. The highest BCUT2D eigenvalue weighted by molar-refractivity contribution is 7.89. The zero-order chi connectivity index (χ0) is 20.5. The van der Waals surface area contributed by atoms with E-state index in [1.165, 1.54) is 6.07 Å². The molecule has 150 valence electrons. The van der Waals surface area contributed by atoms with Crippen LogP contribution in [0.4, 0.5) is 18.9 Å². The van der Waals surface area contributed by atoms with Crippen molar-refractivity contribution in [3.8, 4) is 0 Å². The number of sulfonamides is 1. The minimum absolute atomic E-state index is 0.0711. The molecule has 1 aliphatic rings. The van der Waals surface area contributed by atoms with Crippen molar-refractivity contribution in [1.82, 2.24) is 4.31 Å². The van der Waals surface area contributed by atoms with Crippen molar-refractivity contribution in [2.45, 2.75) is 24.7 Å². The maximum Gasteiger partial charge on any atom is 0.243 e. The summed E-state index contributed by atoms with van der Waals surface area (Å²) >= 11 is 0. The van der Waals surface area contributed by atoms with Gasteiger partial charge in [0, 0.05) is 24.7 Å². The van der Waals surface area contributed by atoms with Gasteiger partial charge in [-0.05, 0) is 55.7 Å². The third-order valence-electron chi connectivity index (χ3n) is 4.79. The number of aryl methyl sites for hydroxylation is 1. The lowest BCUT2D eigenvalue weighted by molar-refractivity contribution is -0.120. The Morgan fingerprint density at radius 2 is 1.68 bits per heavy atom. The molecule has 1 heterocycles. The van der Waals surface area contributed by atoms with Gasteiger partial charge in [0.25, 0.3) is 0 Å². The summed E-state index contributed by atoms with van der Waals surface area (Å²) in [7, 11) is -3.97. The second kappa shape index (κ2) is 7.92. The molecule has 1 fully saturated rings.